The van der Waals surface area contributed by atoms with Crippen LogP contribution in [-0.4, -0.2) is 33.3 Å². The second-order valence-electron chi connectivity index (χ2n) is 5.77. The molecule has 1 atom stereocenters. The molecule has 0 bridgehead atoms. The average Bonchev–Trinajstić information content (AvgIpc) is 3.22. The first kappa shape index (κ1) is 19.7. The number of thiophene rings is 1. The minimum Gasteiger partial charge on any atom is -0.497 e. The van der Waals surface area contributed by atoms with Crippen LogP contribution in [0.4, 0.5) is 5.95 Å². The number of hydrogen-bond donors (Lipinski definition) is 3. The van der Waals surface area contributed by atoms with E-state index in [0.717, 1.165) is 16.1 Å². The number of hydrogen-bond acceptors (Lipinski definition) is 6. The predicted molar refractivity (Wildman–Crippen MR) is 113 cm³/mol. The fourth-order valence-electron chi connectivity index (χ4n) is 2.56. The van der Waals surface area contributed by atoms with Crippen LogP contribution in [0.25, 0.3) is 10.6 Å². The number of aromatic nitrogens is 2. The van der Waals surface area contributed by atoms with E-state index >= 15 is 0 Å². The molecule has 3 rings (SSSR count). The molecule has 7 nitrogen and oxygen atoms in total. The van der Waals surface area contributed by atoms with Crippen molar-refractivity contribution in [3.8, 4) is 16.3 Å². The highest BCUT2D eigenvalue weighted by molar-refractivity contribution is 7.80. The summed E-state index contributed by atoms with van der Waals surface area (Å²) in [6.07, 6.45) is 1.49. The van der Waals surface area contributed by atoms with Crippen LogP contribution in [-0.2, 0) is 4.79 Å². The molecule has 0 aliphatic heterocycles. The lowest BCUT2D eigenvalue weighted by Crippen LogP contribution is -2.34. The van der Waals surface area contributed by atoms with Gasteiger partial charge in [-0.1, -0.05) is 18.2 Å². The van der Waals surface area contributed by atoms with Gasteiger partial charge in [-0.25, -0.2) is 9.97 Å². The Bertz CT molecular complexity index is 963. The number of rotatable bonds is 7. The largest absolute Gasteiger partial charge is 0.497 e. The van der Waals surface area contributed by atoms with Crippen molar-refractivity contribution in [2.24, 2.45) is 0 Å². The Morgan fingerprint density at radius 1 is 1.32 bits per heavy atom. The topological polar surface area (TPSA) is 96.4 Å². The molecule has 2 aromatic heterocycles. The van der Waals surface area contributed by atoms with Crippen LogP contribution in [0.1, 0.15) is 18.0 Å². The van der Waals surface area contributed by atoms with E-state index in [9.17, 15) is 9.90 Å². The minimum atomic E-state index is -0.945. The number of nitrogens with zero attached hydrogens (tertiary/aromatic N) is 2. The lowest BCUT2D eigenvalue weighted by molar-refractivity contribution is -0.137. The summed E-state index contributed by atoms with van der Waals surface area (Å²) < 4.78 is 5.22. The van der Waals surface area contributed by atoms with Crippen LogP contribution in [0, 0.1) is 0 Å². The summed E-state index contributed by atoms with van der Waals surface area (Å²) in [6, 6.07) is 12.4. The highest BCUT2D eigenvalue weighted by Gasteiger charge is 2.18. The SMILES string of the molecule is COc1cccc(C(CC(=O)O)NC(=S)Nc2nccc(-c3cccs3)n2)c1. The van der Waals surface area contributed by atoms with Gasteiger partial charge in [0.25, 0.3) is 0 Å². The smallest absolute Gasteiger partial charge is 0.305 e. The molecule has 0 saturated heterocycles. The molecule has 0 aliphatic carbocycles. The standard InChI is InChI=1S/C19H18N4O3S2/c1-26-13-5-2-4-12(10-13)15(11-17(24)25)22-19(27)23-18-20-8-7-14(21-18)16-6-3-9-28-16/h2-10,15H,11H2,1H3,(H,24,25)(H2,20,21,22,23,27). The van der Waals surface area contributed by atoms with Gasteiger partial charge in [0, 0.05) is 6.20 Å². The van der Waals surface area contributed by atoms with Gasteiger partial charge in [0.05, 0.1) is 30.1 Å². The Balaban J connectivity index is 1.73. The second kappa shape index (κ2) is 9.25. The molecule has 0 radical (unpaired) electrons. The monoisotopic (exact) mass is 414 g/mol. The predicted octanol–water partition coefficient (Wildman–Crippen LogP) is 3.72. The Hall–Kier alpha value is -3.04. The van der Waals surface area contributed by atoms with Crippen molar-refractivity contribution in [1.29, 1.82) is 0 Å². The maximum atomic E-state index is 11.3. The minimum absolute atomic E-state index is 0.148. The van der Waals surface area contributed by atoms with Crippen molar-refractivity contribution in [2.75, 3.05) is 12.4 Å². The van der Waals surface area contributed by atoms with Crippen molar-refractivity contribution in [3.63, 3.8) is 0 Å². The lowest BCUT2D eigenvalue weighted by Gasteiger charge is -2.20. The zero-order chi connectivity index (χ0) is 19.9. The summed E-state index contributed by atoms with van der Waals surface area (Å²) in [6.45, 7) is 0. The van der Waals surface area contributed by atoms with Crippen LogP contribution in [0.5, 0.6) is 5.75 Å². The molecule has 0 spiro atoms. The van der Waals surface area contributed by atoms with Gasteiger partial charge in [0.1, 0.15) is 5.75 Å². The van der Waals surface area contributed by atoms with E-state index < -0.39 is 12.0 Å². The number of carbonyl (C=O) groups is 1. The van der Waals surface area contributed by atoms with Crippen LogP contribution in [0.3, 0.4) is 0 Å². The number of carboxylic acids is 1. The second-order valence-corrected chi connectivity index (χ2v) is 7.12. The molecule has 0 amide bonds. The molecule has 3 N–H and O–H groups in total. The van der Waals surface area contributed by atoms with E-state index in [2.05, 4.69) is 20.6 Å². The number of nitrogens with one attached hydrogen (secondary N) is 2. The van der Waals surface area contributed by atoms with Gasteiger partial charge in [-0.2, -0.15) is 0 Å². The number of anilines is 1. The highest BCUT2D eigenvalue weighted by atomic mass is 32.1. The average molecular weight is 415 g/mol. The fourth-order valence-corrected chi connectivity index (χ4v) is 3.49. The molecule has 0 fully saturated rings. The third-order valence-electron chi connectivity index (χ3n) is 3.83. The Labute approximate surface area is 171 Å². The molecule has 9 heteroatoms. The third kappa shape index (κ3) is 5.24. The molecule has 0 saturated carbocycles. The molecule has 0 aliphatic rings. The summed E-state index contributed by atoms with van der Waals surface area (Å²) in [5.41, 5.74) is 1.53. The summed E-state index contributed by atoms with van der Waals surface area (Å²) >= 11 is 6.92. The van der Waals surface area contributed by atoms with Crippen molar-refractivity contribution in [2.45, 2.75) is 12.5 Å². The number of aliphatic carboxylic acids is 1. The molecule has 3 aromatic rings. The van der Waals surface area contributed by atoms with Gasteiger partial charge < -0.3 is 20.5 Å². The van der Waals surface area contributed by atoms with Crippen LogP contribution in [0.15, 0.2) is 54.0 Å². The van der Waals surface area contributed by atoms with Crippen molar-refractivity contribution in [3.05, 3.63) is 59.6 Å². The van der Waals surface area contributed by atoms with Gasteiger partial charge in [-0.3, -0.25) is 4.79 Å². The van der Waals surface area contributed by atoms with Gasteiger partial charge >= 0.3 is 5.97 Å². The van der Waals surface area contributed by atoms with E-state index in [1.807, 2.05) is 29.6 Å². The van der Waals surface area contributed by atoms with Gasteiger partial charge in [-0.05, 0) is 47.4 Å². The van der Waals surface area contributed by atoms with Crippen LogP contribution >= 0.6 is 23.6 Å². The fraction of sp³-hybridized carbons (Fsp3) is 0.158. The number of thiocarbonyl (C=S) groups is 1. The van der Waals surface area contributed by atoms with Crippen molar-refractivity contribution >= 4 is 40.6 Å². The van der Waals surface area contributed by atoms with E-state index in [1.165, 1.54) is 0 Å². The summed E-state index contributed by atoms with van der Waals surface area (Å²) in [7, 11) is 1.56. The summed E-state index contributed by atoms with van der Waals surface area (Å²) in [4.78, 5) is 20.9. The van der Waals surface area contributed by atoms with E-state index in [1.54, 1.807) is 42.8 Å². The lowest BCUT2D eigenvalue weighted by atomic mass is 10.0. The quantitative estimate of drug-likeness (QED) is 0.504. The number of methoxy groups -OCH3 is 1. The van der Waals surface area contributed by atoms with E-state index in [-0.39, 0.29) is 11.5 Å². The van der Waals surface area contributed by atoms with Gasteiger partial charge in [-0.15, -0.1) is 11.3 Å². The highest BCUT2D eigenvalue weighted by Crippen LogP contribution is 2.24. The normalized spacial score (nSPS) is 11.5. The zero-order valence-corrected chi connectivity index (χ0v) is 16.6. The van der Waals surface area contributed by atoms with E-state index in [4.69, 9.17) is 17.0 Å². The molecule has 144 valence electrons. The van der Waals surface area contributed by atoms with Crippen LogP contribution in [0.2, 0.25) is 0 Å². The molecular weight excluding hydrogens is 396 g/mol. The van der Waals surface area contributed by atoms with Crippen LogP contribution < -0.4 is 15.4 Å². The first-order valence-corrected chi connectivity index (χ1v) is 9.64. The summed E-state index contributed by atoms with van der Waals surface area (Å²) in [5.74, 6) is 0.0303. The molecule has 2 heterocycles. The Morgan fingerprint density at radius 2 is 2.18 bits per heavy atom. The molecule has 1 unspecified atom stereocenters. The van der Waals surface area contributed by atoms with Crippen molar-refractivity contribution in [1.82, 2.24) is 15.3 Å². The van der Waals surface area contributed by atoms with E-state index in [0.29, 0.717) is 11.7 Å². The summed E-state index contributed by atoms with van der Waals surface area (Å²) in [5, 5.41) is 17.4. The number of carboxylic acid groups (broad SMARTS) is 1. The Morgan fingerprint density at radius 3 is 2.89 bits per heavy atom. The Kier molecular flexibility index (Phi) is 6.51. The zero-order valence-electron chi connectivity index (χ0n) is 15.0. The number of benzene rings is 1. The maximum absolute atomic E-state index is 11.3. The third-order valence-corrected chi connectivity index (χ3v) is 4.95. The maximum Gasteiger partial charge on any atom is 0.305 e. The van der Waals surface area contributed by atoms with Crippen molar-refractivity contribution < 1.29 is 14.6 Å². The van der Waals surface area contributed by atoms with Gasteiger partial charge in [0.2, 0.25) is 5.95 Å². The molecule has 28 heavy (non-hydrogen) atoms. The molecular formula is C19H18N4O3S2. The van der Waals surface area contributed by atoms with Gasteiger partial charge in [0.15, 0.2) is 5.11 Å². The first-order chi connectivity index (χ1) is 13.5. The number of ether oxygens (including phenoxy) is 1. The first-order valence-electron chi connectivity index (χ1n) is 8.35. The molecule has 1 aromatic carbocycles.